The fourth-order valence-electron chi connectivity index (χ4n) is 1.82. The molecule has 0 atom stereocenters. The summed E-state index contributed by atoms with van der Waals surface area (Å²) in [5.74, 6) is 0. The molecule has 20 heavy (non-hydrogen) atoms. The third kappa shape index (κ3) is 3.11. The Kier molecular flexibility index (Phi) is 4.01. The van der Waals surface area contributed by atoms with Crippen LogP contribution in [0.4, 0.5) is 5.69 Å². The van der Waals surface area contributed by atoms with E-state index in [1.807, 2.05) is 6.92 Å². The summed E-state index contributed by atoms with van der Waals surface area (Å²) in [6, 6.07) is 8.39. The Bertz CT molecular complexity index is 717. The number of rotatable bonds is 3. The number of pyridine rings is 1. The van der Waals surface area contributed by atoms with Crippen molar-refractivity contribution in [3.8, 4) is 0 Å². The van der Waals surface area contributed by atoms with Gasteiger partial charge in [0.2, 0.25) is 0 Å². The minimum Gasteiger partial charge on any atom is -0.276 e. The zero-order valence-electron chi connectivity index (χ0n) is 11.4. The van der Waals surface area contributed by atoms with Crippen molar-refractivity contribution in [1.82, 2.24) is 4.98 Å². The lowest BCUT2D eigenvalue weighted by molar-refractivity contribution is 0.601. The van der Waals surface area contributed by atoms with E-state index in [1.54, 1.807) is 44.2 Å². The van der Waals surface area contributed by atoms with Crippen LogP contribution in [0.15, 0.2) is 35.2 Å². The topological polar surface area (TPSA) is 59.1 Å². The van der Waals surface area contributed by atoms with E-state index in [0.29, 0.717) is 5.69 Å². The van der Waals surface area contributed by atoms with Crippen LogP contribution >= 0.6 is 11.6 Å². The standard InChI is InChI=1S/C14H15ClN2O2S/c1-9-4-6-12(7-5-9)20(18,19)17-13-10(2)8-11(3)16-14(13)15/h4-8,17H,1-3H3. The lowest BCUT2D eigenvalue weighted by atomic mass is 10.2. The molecular weight excluding hydrogens is 296 g/mol. The Hall–Kier alpha value is -1.59. The molecule has 6 heteroatoms. The van der Waals surface area contributed by atoms with E-state index in [4.69, 9.17) is 11.6 Å². The average molecular weight is 311 g/mol. The van der Waals surface area contributed by atoms with E-state index in [-0.39, 0.29) is 10.0 Å². The van der Waals surface area contributed by atoms with Crippen LogP contribution in [-0.4, -0.2) is 13.4 Å². The second-order valence-corrected chi connectivity index (χ2v) is 6.71. The largest absolute Gasteiger partial charge is 0.276 e. The SMILES string of the molecule is Cc1ccc(S(=O)(=O)Nc2c(C)cc(C)nc2Cl)cc1. The van der Waals surface area contributed by atoms with Gasteiger partial charge in [0.05, 0.1) is 10.6 Å². The Morgan fingerprint density at radius 1 is 1.10 bits per heavy atom. The molecule has 0 spiro atoms. The summed E-state index contributed by atoms with van der Waals surface area (Å²) in [5, 5.41) is 0.151. The van der Waals surface area contributed by atoms with E-state index in [0.717, 1.165) is 16.8 Å². The molecule has 0 fully saturated rings. The molecule has 106 valence electrons. The molecule has 0 bridgehead atoms. The van der Waals surface area contributed by atoms with E-state index in [2.05, 4.69) is 9.71 Å². The molecular formula is C14H15ClN2O2S. The predicted molar refractivity (Wildman–Crippen MR) is 80.7 cm³/mol. The van der Waals surface area contributed by atoms with Gasteiger partial charge in [-0.25, -0.2) is 13.4 Å². The first kappa shape index (κ1) is 14.8. The van der Waals surface area contributed by atoms with Crippen LogP contribution in [0.3, 0.4) is 0 Å². The fraction of sp³-hybridized carbons (Fsp3) is 0.214. The quantitative estimate of drug-likeness (QED) is 0.883. The number of aryl methyl sites for hydroxylation is 3. The van der Waals surface area contributed by atoms with Crippen LogP contribution in [0, 0.1) is 20.8 Å². The summed E-state index contributed by atoms with van der Waals surface area (Å²) in [7, 11) is -3.66. The number of nitrogens with zero attached hydrogens (tertiary/aromatic N) is 1. The molecule has 0 amide bonds. The van der Waals surface area contributed by atoms with E-state index < -0.39 is 10.0 Å². The Balaban J connectivity index is 2.41. The zero-order chi connectivity index (χ0) is 14.9. The van der Waals surface area contributed by atoms with Gasteiger partial charge in [-0.2, -0.15) is 0 Å². The van der Waals surface area contributed by atoms with Crippen LogP contribution in [0.5, 0.6) is 0 Å². The normalized spacial score (nSPS) is 11.4. The van der Waals surface area contributed by atoms with Crippen molar-refractivity contribution < 1.29 is 8.42 Å². The van der Waals surface area contributed by atoms with Crippen molar-refractivity contribution >= 4 is 27.3 Å². The minimum atomic E-state index is -3.66. The average Bonchev–Trinajstić information content (AvgIpc) is 2.34. The van der Waals surface area contributed by atoms with Gasteiger partial charge in [-0.1, -0.05) is 29.3 Å². The molecule has 2 rings (SSSR count). The van der Waals surface area contributed by atoms with Gasteiger partial charge in [0.1, 0.15) is 0 Å². The van der Waals surface area contributed by atoms with E-state index in [1.165, 1.54) is 0 Å². The highest BCUT2D eigenvalue weighted by molar-refractivity contribution is 7.92. The monoisotopic (exact) mass is 310 g/mol. The van der Waals surface area contributed by atoms with Gasteiger partial charge >= 0.3 is 0 Å². The Morgan fingerprint density at radius 2 is 1.70 bits per heavy atom. The summed E-state index contributed by atoms with van der Waals surface area (Å²) in [6.45, 7) is 5.49. The fourth-order valence-corrected chi connectivity index (χ4v) is 3.35. The molecule has 2 aromatic rings. The maximum absolute atomic E-state index is 12.3. The van der Waals surface area contributed by atoms with Crippen molar-refractivity contribution in [2.24, 2.45) is 0 Å². The van der Waals surface area contributed by atoms with Crippen molar-refractivity contribution in [3.63, 3.8) is 0 Å². The molecule has 0 saturated carbocycles. The molecule has 1 aromatic carbocycles. The number of nitrogens with one attached hydrogen (secondary N) is 1. The Labute approximate surface area is 123 Å². The number of halogens is 1. The number of sulfonamides is 1. The molecule has 0 unspecified atom stereocenters. The van der Waals surface area contributed by atoms with Crippen LogP contribution < -0.4 is 4.72 Å². The van der Waals surface area contributed by atoms with Gasteiger partial charge in [0.15, 0.2) is 5.15 Å². The van der Waals surface area contributed by atoms with Gasteiger partial charge in [-0.3, -0.25) is 4.72 Å². The first-order chi connectivity index (χ1) is 9.29. The molecule has 0 saturated heterocycles. The second kappa shape index (κ2) is 5.42. The number of benzene rings is 1. The number of hydrogen-bond acceptors (Lipinski definition) is 3. The molecule has 1 aromatic heterocycles. The zero-order valence-corrected chi connectivity index (χ0v) is 13.0. The van der Waals surface area contributed by atoms with Gasteiger partial charge < -0.3 is 0 Å². The van der Waals surface area contributed by atoms with Crippen molar-refractivity contribution in [3.05, 3.63) is 52.3 Å². The maximum Gasteiger partial charge on any atom is 0.262 e. The van der Waals surface area contributed by atoms with Crippen molar-refractivity contribution in [2.75, 3.05) is 4.72 Å². The molecule has 0 aliphatic carbocycles. The molecule has 0 aliphatic rings. The highest BCUT2D eigenvalue weighted by Gasteiger charge is 2.17. The number of anilines is 1. The van der Waals surface area contributed by atoms with Crippen LogP contribution in [0.1, 0.15) is 16.8 Å². The molecule has 0 aliphatic heterocycles. The molecule has 1 heterocycles. The van der Waals surface area contributed by atoms with Crippen LogP contribution in [-0.2, 0) is 10.0 Å². The molecule has 4 nitrogen and oxygen atoms in total. The van der Waals surface area contributed by atoms with Crippen molar-refractivity contribution in [1.29, 1.82) is 0 Å². The maximum atomic E-state index is 12.3. The molecule has 1 N–H and O–H groups in total. The molecule has 0 radical (unpaired) electrons. The number of aromatic nitrogens is 1. The first-order valence-electron chi connectivity index (χ1n) is 6.03. The van der Waals surface area contributed by atoms with Gasteiger partial charge in [0, 0.05) is 5.69 Å². The summed E-state index contributed by atoms with van der Waals surface area (Å²) in [6.07, 6.45) is 0. The van der Waals surface area contributed by atoms with E-state index in [9.17, 15) is 8.42 Å². The van der Waals surface area contributed by atoms with Crippen LogP contribution in [0.25, 0.3) is 0 Å². The van der Waals surface area contributed by atoms with Gasteiger partial charge in [-0.15, -0.1) is 0 Å². The summed E-state index contributed by atoms with van der Waals surface area (Å²) >= 11 is 6.02. The predicted octanol–water partition coefficient (Wildman–Crippen LogP) is 3.46. The highest BCUT2D eigenvalue weighted by Crippen LogP contribution is 2.27. The second-order valence-electron chi connectivity index (χ2n) is 4.66. The highest BCUT2D eigenvalue weighted by atomic mass is 35.5. The minimum absolute atomic E-state index is 0.151. The lowest BCUT2D eigenvalue weighted by Crippen LogP contribution is -2.14. The van der Waals surface area contributed by atoms with Gasteiger partial charge in [0.25, 0.3) is 10.0 Å². The van der Waals surface area contributed by atoms with Crippen molar-refractivity contribution in [2.45, 2.75) is 25.7 Å². The summed E-state index contributed by atoms with van der Waals surface area (Å²) in [4.78, 5) is 4.26. The van der Waals surface area contributed by atoms with Crippen LogP contribution in [0.2, 0.25) is 5.15 Å². The Morgan fingerprint density at radius 3 is 2.25 bits per heavy atom. The summed E-state index contributed by atoms with van der Waals surface area (Å²) in [5.41, 5.74) is 2.79. The van der Waals surface area contributed by atoms with E-state index >= 15 is 0 Å². The lowest BCUT2D eigenvalue weighted by Gasteiger charge is -2.12. The summed E-state index contributed by atoms with van der Waals surface area (Å²) < 4.78 is 27.1. The third-order valence-corrected chi connectivity index (χ3v) is 4.51. The third-order valence-electron chi connectivity index (χ3n) is 2.87. The number of hydrogen-bond donors (Lipinski definition) is 1. The smallest absolute Gasteiger partial charge is 0.262 e. The first-order valence-corrected chi connectivity index (χ1v) is 7.89. The van der Waals surface area contributed by atoms with Gasteiger partial charge in [-0.05, 0) is 44.5 Å².